The molecule has 0 aliphatic rings. The van der Waals surface area contributed by atoms with Gasteiger partial charge in [0.1, 0.15) is 17.4 Å². The SMILES string of the molecule is COc1cccc(CNC(=O)CCc2nnc3c(=O)n(-c4cccc(F)c4)ccn23)c1. The second kappa shape index (κ2) is 8.78. The van der Waals surface area contributed by atoms with E-state index in [9.17, 15) is 14.0 Å². The van der Waals surface area contributed by atoms with Crippen molar-refractivity contribution in [3.63, 3.8) is 0 Å². The topological polar surface area (TPSA) is 90.5 Å². The fourth-order valence-electron chi connectivity index (χ4n) is 3.23. The van der Waals surface area contributed by atoms with Gasteiger partial charge in [0.25, 0.3) is 0 Å². The molecular weight excluding hydrogens is 401 g/mol. The maximum atomic E-state index is 13.5. The van der Waals surface area contributed by atoms with Gasteiger partial charge in [-0.2, -0.15) is 0 Å². The Bertz CT molecular complexity index is 1300. The summed E-state index contributed by atoms with van der Waals surface area (Å²) >= 11 is 0. The normalized spacial score (nSPS) is 10.9. The van der Waals surface area contributed by atoms with Crippen molar-refractivity contribution in [3.8, 4) is 11.4 Å². The molecule has 8 nitrogen and oxygen atoms in total. The number of fused-ring (bicyclic) bond motifs is 1. The number of aromatic nitrogens is 4. The number of nitrogens with one attached hydrogen (secondary N) is 1. The lowest BCUT2D eigenvalue weighted by Gasteiger charge is -2.07. The number of aryl methyl sites for hydroxylation is 1. The Hall–Kier alpha value is -4.01. The van der Waals surface area contributed by atoms with E-state index in [0.717, 1.165) is 11.3 Å². The highest BCUT2D eigenvalue weighted by Gasteiger charge is 2.13. The number of methoxy groups -OCH3 is 1. The minimum atomic E-state index is -0.439. The minimum Gasteiger partial charge on any atom is -0.497 e. The zero-order valence-corrected chi connectivity index (χ0v) is 16.8. The van der Waals surface area contributed by atoms with Crippen LogP contribution in [0.2, 0.25) is 0 Å². The van der Waals surface area contributed by atoms with Crippen molar-refractivity contribution in [3.05, 3.63) is 88.5 Å². The molecule has 0 spiro atoms. The van der Waals surface area contributed by atoms with Crippen LogP contribution in [0.15, 0.2) is 65.7 Å². The molecule has 0 radical (unpaired) electrons. The van der Waals surface area contributed by atoms with E-state index in [1.54, 1.807) is 23.8 Å². The number of nitrogens with zero attached hydrogens (tertiary/aromatic N) is 4. The number of ether oxygens (including phenoxy) is 1. The Kier molecular flexibility index (Phi) is 5.74. The Balaban J connectivity index is 1.44. The lowest BCUT2D eigenvalue weighted by molar-refractivity contribution is -0.121. The second-order valence-corrected chi connectivity index (χ2v) is 6.89. The molecule has 0 aliphatic carbocycles. The maximum Gasteiger partial charge on any atom is 0.300 e. The van der Waals surface area contributed by atoms with Gasteiger partial charge in [-0.05, 0) is 35.9 Å². The van der Waals surface area contributed by atoms with Gasteiger partial charge in [0, 0.05) is 31.8 Å². The van der Waals surface area contributed by atoms with Gasteiger partial charge in [-0.1, -0.05) is 18.2 Å². The molecule has 4 rings (SSSR count). The molecule has 2 aromatic heterocycles. The van der Waals surface area contributed by atoms with Gasteiger partial charge in [-0.15, -0.1) is 10.2 Å². The van der Waals surface area contributed by atoms with Crippen LogP contribution in [-0.4, -0.2) is 32.2 Å². The van der Waals surface area contributed by atoms with E-state index < -0.39 is 11.4 Å². The summed E-state index contributed by atoms with van der Waals surface area (Å²) in [5.41, 5.74) is 1.01. The van der Waals surface area contributed by atoms with E-state index >= 15 is 0 Å². The van der Waals surface area contributed by atoms with Crippen molar-refractivity contribution in [2.24, 2.45) is 0 Å². The van der Waals surface area contributed by atoms with Crippen LogP contribution in [0.25, 0.3) is 11.3 Å². The molecule has 0 saturated carbocycles. The number of carbonyl (C=O) groups is 1. The van der Waals surface area contributed by atoms with Crippen LogP contribution in [0, 0.1) is 5.82 Å². The van der Waals surface area contributed by atoms with Gasteiger partial charge >= 0.3 is 5.56 Å². The monoisotopic (exact) mass is 421 g/mol. The number of benzene rings is 2. The molecule has 158 valence electrons. The van der Waals surface area contributed by atoms with Gasteiger partial charge in [0.15, 0.2) is 0 Å². The fourth-order valence-corrected chi connectivity index (χ4v) is 3.23. The first kappa shape index (κ1) is 20.3. The first-order valence-electron chi connectivity index (χ1n) is 9.66. The summed E-state index contributed by atoms with van der Waals surface area (Å²) < 4.78 is 21.5. The fraction of sp³-hybridized carbons (Fsp3) is 0.182. The highest BCUT2D eigenvalue weighted by molar-refractivity contribution is 5.76. The third-order valence-electron chi connectivity index (χ3n) is 4.83. The lowest BCUT2D eigenvalue weighted by Crippen LogP contribution is -2.23. The van der Waals surface area contributed by atoms with Crippen LogP contribution in [0.5, 0.6) is 5.75 Å². The number of hydrogen-bond donors (Lipinski definition) is 1. The summed E-state index contributed by atoms with van der Waals surface area (Å²) in [5, 5.41) is 10.9. The molecule has 4 aromatic rings. The second-order valence-electron chi connectivity index (χ2n) is 6.89. The molecule has 0 atom stereocenters. The molecular formula is C22H20FN5O3. The molecule has 0 fully saturated rings. The molecule has 2 heterocycles. The largest absolute Gasteiger partial charge is 0.497 e. The van der Waals surface area contributed by atoms with Crippen LogP contribution in [0.4, 0.5) is 4.39 Å². The highest BCUT2D eigenvalue weighted by atomic mass is 19.1. The third-order valence-corrected chi connectivity index (χ3v) is 4.83. The Morgan fingerprint density at radius 2 is 1.97 bits per heavy atom. The van der Waals surface area contributed by atoms with E-state index in [0.29, 0.717) is 24.5 Å². The molecule has 0 bridgehead atoms. The zero-order valence-electron chi connectivity index (χ0n) is 16.8. The van der Waals surface area contributed by atoms with Gasteiger partial charge in [-0.3, -0.25) is 18.6 Å². The number of halogens is 1. The smallest absolute Gasteiger partial charge is 0.300 e. The molecule has 1 N–H and O–H groups in total. The van der Waals surface area contributed by atoms with Gasteiger partial charge in [0.05, 0.1) is 12.8 Å². The first-order valence-corrected chi connectivity index (χ1v) is 9.66. The Morgan fingerprint density at radius 1 is 1.13 bits per heavy atom. The van der Waals surface area contributed by atoms with Crippen molar-refractivity contribution in [2.75, 3.05) is 7.11 Å². The minimum absolute atomic E-state index is 0.110. The first-order chi connectivity index (χ1) is 15.0. The quantitative estimate of drug-likeness (QED) is 0.494. The van der Waals surface area contributed by atoms with E-state index in [-0.39, 0.29) is 18.0 Å². The summed E-state index contributed by atoms with van der Waals surface area (Å²) in [6.07, 6.45) is 3.66. The maximum absolute atomic E-state index is 13.5. The van der Waals surface area contributed by atoms with Crippen LogP contribution >= 0.6 is 0 Å². The number of carbonyl (C=O) groups excluding carboxylic acids is 1. The molecule has 0 aliphatic heterocycles. The van der Waals surface area contributed by atoms with Crippen LogP contribution in [-0.2, 0) is 17.8 Å². The summed E-state index contributed by atoms with van der Waals surface area (Å²) in [6.45, 7) is 0.384. The van der Waals surface area contributed by atoms with Gasteiger partial charge < -0.3 is 10.1 Å². The predicted octanol–water partition coefficient (Wildman–Crippen LogP) is 2.28. The molecule has 0 saturated heterocycles. The van der Waals surface area contributed by atoms with Crippen molar-refractivity contribution in [1.82, 2.24) is 24.5 Å². The van der Waals surface area contributed by atoms with Gasteiger partial charge in [0.2, 0.25) is 11.6 Å². The van der Waals surface area contributed by atoms with Crippen LogP contribution in [0.3, 0.4) is 0 Å². The number of hydrogen-bond acceptors (Lipinski definition) is 5. The van der Waals surface area contributed by atoms with E-state index in [4.69, 9.17) is 4.74 Å². The van der Waals surface area contributed by atoms with Gasteiger partial charge in [-0.25, -0.2) is 4.39 Å². The summed E-state index contributed by atoms with van der Waals surface area (Å²) in [6, 6.07) is 13.2. The average molecular weight is 421 g/mol. The van der Waals surface area contributed by atoms with Crippen LogP contribution in [0.1, 0.15) is 17.8 Å². The highest BCUT2D eigenvalue weighted by Crippen LogP contribution is 2.12. The Labute approximate surface area is 176 Å². The molecule has 31 heavy (non-hydrogen) atoms. The molecule has 2 aromatic carbocycles. The van der Waals surface area contributed by atoms with E-state index in [1.807, 2.05) is 24.3 Å². The average Bonchev–Trinajstić information content (AvgIpc) is 3.20. The lowest BCUT2D eigenvalue weighted by atomic mass is 10.2. The standard InChI is InChI=1S/C22H20FN5O3/c1-31-18-7-2-4-15(12-18)14-24-20(29)9-8-19-25-26-21-22(30)27(10-11-28(19)21)17-6-3-5-16(23)13-17/h2-7,10-13H,8-9,14H2,1H3,(H,24,29). The summed E-state index contributed by atoms with van der Waals surface area (Å²) in [5.74, 6) is 0.639. The molecule has 9 heteroatoms. The number of rotatable bonds is 7. The van der Waals surface area contributed by atoms with E-state index in [1.165, 1.54) is 29.0 Å². The third kappa shape index (κ3) is 4.45. The Morgan fingerprint density at radius 3 is 2.77 bits per heavy atom. The van der Waals surface area contributed by atoms with Crippen LogP contribution < -0.4 is 15.6 Å². The summed E-state index contributed by atoms with van der Waals surface area (Å²) in [4.78, 5) is 25.0. The van der Waals surface area contributed by atoms with Crippen molar-refractivity contribution in [1.29, 1.82) is 0 Å². The van der Waals surface area contributed by atoms with E-state index in [2.05, 4.69) is 15.5 Å². The number of amides is 1. The zero-order chi connectivity index (χ0) is 21.8. The van der Waals surface area contributed by atoms with Crippen molar-refractivity contribution >= 4 is 11.6 Å². The predicted molar refractivity (Wildman–Crippen MR) is 112 cm³/mol. The summed E-state index contributed by atoms with van der Waals surface area (Å²) in [7, 11) is 1.59. The van der Waals surface area contributed by atoms with Crippen molar-refractivity contribution in [2.45, 2.75) is 19.4 Å². The van der Waals surface area contributed by atoms with Crippen molar-refractivity contribution < 1.29 is 13.9 Å². The molecule has 0 unspecified atom stereocenters. The molecule has 1 amide bonds.